The number of aromatic nitrogens is 2. The number of aryl methyl sites for hydroxylation is 1. The number of hydrogen-bond acceptors (Lipinski definition) is 6. The summed E-state index contributed by atoms with van der Waals surface area (Å²) in [6.07, 6.45) is 3.60. The molecule has 1 aromatic heterocycles. The molecule has 0 aliphatic carbocycles. The van der Waals surface area contributed by atoms with E-state index in [0.717, 1.165) is 32.4 Å². The van der Waals surface area contributed by atoms with E-state index in [9.17, 15) is 4.79 Å². The van der Waals surface area contributed by atoms with Crippen LogP contribution in [0.1, 0.15) is 37.5 Å². The van der Waals surface area contributed by atoms with Crippen molar-refractivity contribution in [2.24, 2.45) is 5.92 Å². The van der Waals surface area contributed by atoms with Gasteiger partial charge in [0, 0.05) is 25.6 Å². The molecule has 0 radical (unpaired) electrons. The van der Waals surface area contributed by atoms with Crippen molar-refractivity contribution < 1.29 is 13.9 Å². The first-order valence-corrected chi connectivity index (χ1v) is 9.56. The lowest BCUT2D eigenvalue weighted by atomic mass is 9.93. The van der Waals surface area contributed by atoms with Crippen molar-refractivity contribution in [3.63, 3.8) is 0 Å². The summed E-state index contributed by atoms with van der Waals surface area (Å²) < 4.78 is 10.6. The van der Waals surface area contributed by atoms with Crippen LogP contribution in [-0.4, -0.2) is 41.2 Å². The average molecular weight is 393 g/mol. The van der Waals surface area contributed by atoms with Gasteiger partial charge in [-0.1, -0.05) is 11.6 Å². The Kier molecular flexibility index (Phi) is 6.68. The molecule has 1 amide bonds. The number of likely N-dealkylation sites (tertiary alicyclic amines) is 1. The van der Waals surface area contributed by atoms with Gasteiger partial charge in [-0.3, -0.25) is 9.69 Å². The molecule has 3 rings (SSSR count). The highest BCUT2D eigenvalue weighted by molar-refractivity contribution is 6.32. The average Bonchev–Trinajstić information content (AvgIpc) is 3.05. The first-order valence-electron chi connectivity index (χ1n) is 9.18. The first-order chi connectivity index (χ1) is 13.0. The van der Waals surface area contributed by atoms with Gasteiger partial charge in [0.1, 0.15) is 5.75 Å². The van der Waals surface area contributed by atoms with E-state index in [4.69, 9.17) is 20.8 Å². The molecule has 0 bridgehead atoms. The summed E-state index contributed by atoms with van der Waals surface area (Å²) in [4.78, 5) is 14.6. The Hall–Kier alpha value is -2.12. The van der Waals surface area contributed by atoms with Crippen molar-refractivity contribution in [1.29, 1.82) is 0 Å². The molecule has 1 N–H and O–H groups in total. The highest BCUT2D eigenvalue weighted by atomic mass is 35.5. The smallest absolute Gasteiger partial charge is 0.230 e. The third kappa shape index (κ3) is 5.68. The van der Waals surface area contributed by atoms with E-state index < -0.39 is 0 Å². The van der Waals surface area contributed by atoms with Crippen LogP contribution in [0.4, 0.5) is 5.69 Å². The number of piperidine rings is 1. The number of methoxy groups -OCH3 is 1. The number of amides is 1. The number of anilines is 1. The highest BCUT2D eigenvalue weighted by Crippen LogP contribution is 2.27. The lowest BCUT2D eigenvalue weighted by Crippen LogP contribution is -2.35. The van der Waals surface area contributed by atoms with Crippen molar-refractivity contribution in [2.75, 3.05) is 25.5 Å². The van der Waals surface area contributed by atoms with Gasteiger partial charge in [0.25, 0.3) is 0 Å². The van der Waals surface area contributed by atoms with E-state index in [1.807, 2.05) is 0 Å². The third-order valence-electron chi connectivity index (χ3n) is 4.75. The quantitative estimate of drug-likeness (QED) is 0.774. The fourth-order valence-electron chi connectivity index (χ4n) is 3.43. The molecule has 2 heterocycles. The minimum Gasteiger partial charge on any atom is -0.495 e. The van der Waals surface area contributed by atoms with Crippen LogP contribution in [0.3, 0.4) is 0 Å². The van der Waals surface area contributed by atoms with Crippen LogP contribution >= 0.6 is 11.6 Å². The Morgan fingerprint density at radius 3 is 3.00 bits per heavy atom. The predicted octanol–water partition coefficient (Wildman–Crippen LogP) is 3.67. The molecule has 2 aromatic rings. The summed E-state index contributed by atoms with van der Waals surface area (Å²) in [5.74, 6) is 2.33. The van der Waals surface area contributed by atoms with Crippen molar-refractivity contribution >= 4 is 23.2 Å². The van der Waals surface area contributed by atoms with E-state index in [2.05, 4.69) is 20.4 Å². The Morgan fingerprint density at radius 2 is 2.30 bits per heavy atom. The molecule has 1 saturated heterocycles. The van der Waals surface area contributed by atoms with Crippen LogP contribution < -0.4 is 10.1 Å². The van der Waals surface area contributed by atoms with Gasteiger partial charge in [-0.05, 0) is 49.9 Å². The number of rotatable bonds is 7. The lowest BCUT2D eigenvalue weighted by molar-refractivity contribution is -0.116. The monoisotopic (exact) mass is 392 g/mol. The normalized spacial score (nSPS) is 17.7. The maximum Gasteiger partial charge on any atom is 0.230 e. The molecule has 1 aliphatic rings. The van der Waals surface area contributed by atoms with Gasteiger partial charge in [0.2, 0.25) is 17.7 Å². The maximum absolute atomic E-state index is 12.3. The minimum atomic E-state index is 0.000818. The van der Waals surface area contributed by atoms with Gasteiger partial charge < -0.3 is 14.5 Å². The van der Waals surface area contributed by atoms with Crippen LogP contribution in [0, 0.1) is 12.8 Å². The molecule has 0 spiro atoms. The summed E-state index contributed by atoms with van der Waals surface area (Å²) >= 11 is 6.10. The third-order valence-corrected chi connectivity index (χ3v) is 5.04. The molecule has 1 atom stereocenters. The van der Waals surface area contributed by atoms with Gasteiger partial charge in [-0.2, -0.15) is 0 Å². The van der Waals surface area contributed by atoms with Crippen LogP contribution in [0.2, 0.25) is 5.02 Å². The van der Waals surface area contributed by atoms with E-state index >= 15 is 0 Å². The van der Waals surface area contributed by atoms with Gasteiger partial charge in [-0.25, -0.2) is 0 Å². The Labute approximate surface area is 164 Å². The number of carbonyl (C=O) groups excluding carboxylic acids is 1. The van der Waals surface area contributed by atoms with Gasteiger partial charge in [-0.15, -0.1) is 10.2 Å². The highest BCUT2D eigenvalue weighted by Gasteiger charge is 2.22. The number of nitrogens with zero attached hydrogens (tertiary/aromatic N) is 3. The van der Waals surface area contributed by atoms with E-state index in [0.29, 0.717) is 47.1 Å². The second-order valence-corrected chi connectivity index (χ2v) is 7.30. The van der Waals surface area contributed by atoms with Crippen LogP contribution in [-0.2, 0) is 11.3 Å². The summed E-state index contributed by atoms with van der Waals surface area (Å²) in [5.41, 5.74) is 0.683. The predicted molar refractivity (Wildman–Crippen MR) is 103 cm³/mol. The molecular formula is C19H25ClN4O3. The molecule has 0 saturated carbocycles. The zero-order valence-corrected chi connectivity index (χ0v) is 16.5. The van der Waals surface area contributed by atoms with Crippen LogP contribution in [0.5, 0.6) is 5.75 Å². The second-order valence-electron chi connectivity index (χ2n) is 6.89. The molecule has 1 fully saturated rings. The Bertz CT molecular complexity index is 780. The molecule has 1 aliphatic heterocycles. The number of nitrogens with one attached hydrogen (secondary N) is 1. The fraction of sp³-hybridized carbons (Fsp3) is 0.526. The lowest BCUT2D eigenvalue weighted by Gasteiger charge is -2.31. The number of halogens is 1. The van der Waals surface area contributed by atoms with Gasteiger partial charge in [0.05, 0.1) is 18.7 Å². The molecule has 8 heteroatoms. The topological polar surface area (TPSA) is 80.5 Å². The zero-order chi connectivity index (χ0) is 19.2. The minimum absolute atomic E-state index is 0.000818. The van der Waals surface area contributed by atoms with Crippen molar-refractivity contribution in [1.82, 2.24) is 15.1 Å². The summed E-state index contributed by atoms with van der Waals surface area (Å²) in [6.45, 7) is 4.44. The number of ether oxygens (including phenoxy) is 1. The summed E-state index contributed by atoms with van der Waals surface area (Å²) in [6, 6.07) is 5.24. The Morgan fingerprint density at radius 1 is 1.44 bits per heavy atom. The van der Waals surface area contributed by atoms with Crippen molar-refractivity contribution in [3.8, 4) is 5.75 Å². The van der Waals surface area contributed by atoms with E-state index in [1.165, 1.54) is 0 Å². The number of hydrogen-bond donors (Lipinski definition) is 1. The molecular weight excluding hydrogens is 368 g/mol. The van der Waals surface area contributed by atoms with Crippen molar-refractivity contribution in [2.45, 2.75) is 39.2 Å². The summed E-state index contributed by atoms with van der Waals surface area (Å²) in [7, 11) is 1.56. The fourth-order valence-corrected chi connectivity index (χ4v) is 3.68. The molecule has 27 heavy (non-hydrogen) atoms. The second kappa shape index (κ2) is 9.19. The maximum atomic E-state index is 12.3. The molecule has 146 valence electrons. The van der Waals surface area contributed by atoms with E-state index in [-0.39, 0.29) is 5.91 Å². The molecule has 7 nitrogen and oxygen atoms in total. The van der Waals surface area contributed by atoms with Gasteiger partial charge in [0.15, 0.2) is 0 Å². The SMILES string of the molecule is COc1ccc(NC(=O)CCC2CCCN(Cc3nnc(C)o3)C2)cc1Cl. The largest absolute Gasteiger partial charge is 0.495 e. The van der Waals surface area contributed by atoms with Gasteiger partial charge >= 0.3 is 0 Å². The molecule has 1 aromatic carbocycles. The Balaban J connectivity index is 1.44. The number of carbonyl (C=O) groups is 1. The number of benzene rings is 1. The van der Waals surface area contributed by atoms with Crippen LogP contribution in [0.25, 0.3) is 0 Å². The van der Waals surface area contributed by atoms with Crippen molar-refractivity contribution in [3.05, 3.63) is 35.0 Å². The van der Waals surface area contributed by atoms with Crippen LogP contribution in [0.15, 0.2) is 22.6 Å². The first kappa shape index (κ1) is 19.6. The standard InChI is InChI=1S/C19H25ClN4O3/c1-13-22-23-19(27-13)12-24-9-3-4-14(11-24)5-8-18(25)21-15-6-7-17(26-2)16(20)10-15/h6-7,10,14H,3-5,8-9,11-12H2,1-2H3,(H,21,25). The molecule has 1 unspecified atom stereocenters. The summed E-state index contributed by atoms with van der Waals surface area (Å²) in [5, 5.41) is 11.3. The zero-order valence-electron chi connectivity index (χ0n) is 15.7. The van der Waals surface area contributed by atoms with E-state index in [1.54, 1.807) is 32.2 Å².